The van der Waals surface area contributed by atoms with Crippen LogP contribution in [0.3, 0.4) is 0 Å². The number of piperazine rings is 1. The maximum absolute atomic E-state index is 13.8. The topological polar surface area (TPSA) is 30.3 Å². The monoisotopic (exact) mass is 261 g/mol. The van der Waals surface area contributed by atoms with Gasteiger partial charge >= 0.3 is 0 Å². The Hall–Kier alpha value is -1.44. The second-order valence-electron chi connectivity index (χ2n) is 5.86. The zero-order valence-corrected chi connectivity index (χ0v) is 11.8. The summed E-state index contributed by atoms with van der Waals surface area (Å²) in [7, 11) is 2.12. The molecule has 0 atom stereocenters. The Labute approximate surface area is 114 Å². The van der Waals surface area contributed by atoms with Gasteiger partial charge in [-0.3, -0.25) is 9.80 Å². The number of nitrogens with zero attached hydrogens (tertiary/aromatic N) is 3. The summed E-state index contributed by atoms with van der Waals surface area (Å²) in [5.41, 5.74) is 1.23. The molecule has 0 bridgehead atoms. The first-order valence-electron chi connectivity index (χ1n) is 6.54. The van der Waals surface area contributed by atoms with Gasteiger partial charge in [-0.15, -0.1) is 0 Å². The van der Waals surface area contributed by atoms with Gasteiger partial charge in [0.2, 0.25) is 0 Å². The summed E-state index contributed by atoms with van der Waals surface area (Å²) in [6.45, 7) is 7.77. The molecule has 1 heterocycles. The van der Waals surface area contributed by atoms with Crippen LogP contribution in [0, 0.1) is 17.1 Å². The summed E-state index contributed by atoms with van der Waals surface area (Å²) in [6, 6.07) is 6.62. The van der Waals surface area contributed by atoms with Crippen LogP contribution in [0.25, 0.3) is 0 Å². The van der Waals surface area contributed by atoms with Crippen molar-refractivity contribution in [3.63, 3.8) is 0 Å². The quantitative estimate of drug-likeness (QED) is 0.818. The number of hydrogen-bond acceptors (Lipinski definition) is 3. The highest BCUT2D eigenvalue weighted by atomic mass is 19.1. The summed E-state index contributed by atoms with van der Waals surface area (Å²) >= 11 is 0. The lowest BCUT2D eigenvalue weighted by atomic mass is 9.99. The van der Waals surface area contributed by atoms with E-state index in [1.165, 1.54) is 12.1 Å². The van der Waals surface area contributed by atoms with Crippen LogP contribution in [0.4, 0.5) is 4.39 Å². The molecule has 1 aliphatic heterocycles. The minimum atomic E-state index is -0.226. The van der Waals surface area contributed by atoms with Crippen LogP contribution in [-0.4, -0.2) is 42.0 Å². The Morgan fingerprint density at radius 1 is 1.37 bits per heavy atom. The molecule has 0 amide bonds. The molecule has 1 aromatic rings. The van der Waals surface area contributed by atoms with Gasteiger partial charge in [-0.2, -0.15) is 5.26 Å². The molecule has 4 heteroatoms. The molecule has 102 valence electrons. The van der Waals surface area contributed by atoms with Crippen molar-refractivity contribution in [3.8, 4) is 6.07 Å². The van der Waals surface area contributed by atoms with Crippen LogP contribution < -0.4 is 0 Å². The number of benzene rings is 1. The van der Waals surface area contributed by atoms with Crippen molar-refractivity contribution in [3.05, 3.63) is 35.1 Å². The largest absolute Gasteiger partial charge is 0.299 e. The molecule has 0 spiro atoms. The van der Waals surface area contributed by atoms with E-state index >= 15 is 0 Å². The highest BCUT2D eigenvalue weighted by Crippen LogP contribution is 2.21. The van der Waals surface area contributed by atoms with Crippen LogP contribution in [0.1, 0.15) is 25.0 Å². The van der Waals surface area contributed by atoms with E-state index in [2.05, 4.69) is 36.8 Å². The van der Waals surface area contributed by atoms with E-state index in [4.69, 9.17) is 5.26 Å². The fourth-order valence-corrected chi connectivity index (χ4v) is 2.48. The maximum atomic E-state index is 13.8. The van der Waals surface area contributed by atoms with Crippen molar-refractivity contribution in [1.82, 2.24) is 9.80 Å². The third kappa shape index (κ3) is 3.12. The predicted octanol–water partition coefficient (Wildman–Crippen LogP) is 2.22. The van der Waals surface area contributed by atoms with E-state index in [0.29, 0.717) is 17.7 Å². The molecule has 3 nitrogen and oxygen atoms in total. The minimum Gasteiger partial charge on any atom is -0.299 e. The summed E-state index contributed by atoms with van der Waals surface area (Å²) in [5, 5.41) is 8.88. The lowest BCUT2D eigenvalue weighted by Gasteiger charge is -2.45. The minimum absolute atomic E-state index is 0.0988. The van der Waals surface area contributed by atoms with Gasteiger partial charge in [-0.05, 0) is 39.1 Å². The first-order valence-corrected chi connectivity index (χ1v) is 6.54. The first-order chi connectivity index (χ1) is 8.92. The molecular weight excluding hydrogens is 241 g/mol. The second kappa shape index (κ2) is 5.28. The van der Waals surface area contributed by atoms with E-state index in [9.17, 15) is 4.39 Å². The molecule has 19 heavy (non-hydrogen) atoms. The number of likely N-dealkylation sites (N-methyl/N-ethyl adjacent to an activating group) is 1. The summed E-state index contributed by atoms with van der Waals surface area (Å²) < 4.78 is 13.8. The van der Waals surface area contributed by atoms with Crippen molar-refractivity contribution in [1.29, 1.82) is 5.26 Å². The Kier molecular flexibility index (Phi) is 3.88. The standard InChI is InChI=1S/C15H20FN3/c1-15(2)11-19(7-6-18(15)3)10-13-8-12(9-17)4-5-14(13)16/h4-5,8H,6-7,10-11H2,1-3H3. The van der Waals surface area contributed by atoms with E-state index in [1.54, 1.807) is 6.07 Å². The van der Waals surface area contributed by atoms with Crippen molar-refractivity contribution < 1.29 is 4.39 Å². The third-order valence-electron chi connectivity index (χ3n) is 3.96. The molecule has 0 aromatic heterocycles. The van der Waals surface area contributed by atoms with E-state index in [-0.39, 0.29) is 11.4 Å². The van der Waals surface area contributed by atoms with Crippen LogP contribution in [0.5, 0.6) is 0 Å². The SMILES string of the molecule is CN1CCN(Cc2cc(C#N)ccc2F)CC1(C)C. The highest BCUT2D eigenvalue weighted by Gasteiger charge is 2.31. The van der Waals surface area contributed by atoms with Gasteiger partial charge in [0.05, 0.1) is 11.6 Å². The van der Waals surface area contributed by atoms with Crippen LogP contribution in [-0.2, 0) is 6.54 Å². The molecule has 1 fully saturated rings. The van der Waals surface area contributed by atoms with Crippen LogP contribution in [0.2, 0.25) is 0 Å². The molecule has 1 aromatic carbocycles. The Balaban J connectivity index is 2.12. The van der Waals surface area contributed by atoms with Crippen molar-refractivity contribution >= 4 is 0 Å². The Morgan fingerprint density at radius 3 is 2.74 bits per heavy atom. The second-order valence-corrected chi connectivity index (χ2v) is 5.86. The molecule has 0 aliphatic carbocycles. The van der Waals surface area contributed by atoms with E-state index in [0.717, 1.165) is 19.6 Å². The van der Waals surface area contributed by atoms with Crippen molar-refractivity contribution in [2.45, 2.75) is 25.9 Å². The molecule has 0 N–H and O–H groups in total. The fraction of sp³-hybridized carbons (Fsp3) is 0.533. The highest BCUT2D eigenvalue weighted by molar-refractivity contribution is 5.33. The van der Waals surface area contributed by atoms with Gasteiger partial charge in [0.1, 0.15) is 5.82 Å². The zero-order chi connectivity index (χ0) is 14.0. The average Bonchev–Trinajstić information content (AvgIpc) is 2.36. The van der Waals surface area contributed by atoms with Gasteiger partial charge in [-0.25, -0.2) is 4.39 Å². The summed E-state index contributed by atoms with van der Waals surface area (Å²) in [4.78, 5) is 4.57. The summed E-state index contributed by atoms with van der Waals surface area (Å²) in [6.07, 6.45) is 0. The van der Waals surface area contributed by atoms with Gasteiger partial charge in [0.25, 0.3) is 0 Å². The molecule has 0 saturated carbocycles. The molecule has 1 saturated heterocycles. The van der Waals surface area contributed by atoms with Gasteiger partial charge in [0, 0.05) is 37.3 Å². The van der Waals surface area contributed by atoms with E-state index < -0.39 is 0 Å². The normalized spacial score (nSPS) is 20.2. The number of halogens is 1. The zero-order valence-electron chi connectivity index (χ0n) is 11.8. The average molecular weight is 261 g/mol. The molecule has 2 rings (SSSR count). The van der Waals surface area contributed by atoms with E-state index in [1.807, 2.05) is 0 Å². The van der Waals surface area contributed by atoms with Gasteiger partial charge in [0.15, 0.2) is 0 Å². The molecule has 0 unspecified atom stereocenters. The first kappa shape index (κ1) is 14.0. The smallest absolute Gasteiger partial charge is 0.127 e. The predicted molar refractivity (Wildman–Crippen MR) is 73.1 cm³/mol. The number of rotatable bonds is 2. The van der Waals surface area contributed by atoms with Crippen molar-refractivity contribution in [2.75, 3.05) is 26.7 Å². The number of nitriles is 1. The maximum Gasteiger partial charge on any atom is 0.127 e. The number of hydrogen-bond donors (Lipinski definition) is 0. The van der Waals surface area contributed by atoms with Crippen molar-refractivity contribution in [2.24, 2.45) is 0 Å². The molecule has 1 aliphatic rings. The third-order valence-corrected chi connectivity index (χ3v) is 3.96. The fourth-order valence-electron chi connectivity index (χ4n) is 2.48. The Morgan fingerprint density at radius 2 is 2.11 bits per heavy atom. The van der Waals surface area contributed by atoms with Crippen LogP contribution in [0.15, 0.2) is 18.2 Å². The molecule has 0 radical (unpaired) electrons. The van der Waals surface area contributed by atoms with Gasteiger partial charge < -0.3 is 0 Å². The van der Waals surface area contributed by atoms with Gasteiger partial charge in [-0.1, -0.05) is 0 Å². The Bertz CT molecular complexity index is 505. The molecular formula is C15H20FN3. The lowest BCUT2D eigenvalue weighted by Crippen LogP contribution is -2.57. The summed E-state index contributed by atoms with van der Waals surface area (Å²) in [5.74, 6) is -0.226. The van der Waals surface area contributed by atoms with Crippen LogP contribution >= 0.6 is 0 Å². The lowest BCUT2D eigenvalue weighted by molar-refractivity contribution is 0.0355.